The average molecular weight is 348 g/mol. The summed E-state index contributed by atoms with van der Waals surface area (Å²) < 4.78 is 5.26. The SMILES string of the molecule is CCNc1nnc2c(n1)NC(c1ccc(OC)cc1)Nc1ccccc1-2. The molecule has 0 aliphatic carbocycles. The molecule has 1 aliphatic heterocycles. The molecule has 3 aromatic rings. The van der Waals surface area contributed by atoms with E-state index in [1.165, 1.54) is 0 Å². The maximum absolute atomic E-state index is 5.26. The molecule has 0 fully saturated rings. The summed E-state index contributed by atoms with van der Waals surface area (Å²) in [5, 5.41) is 18.7. The summed E-state index contributed by atoms with van der Waals surface area (Å²) in [6.45, 7) is 2.73. The topological polar surface area (TPSA) is 84.0 Å². The summed E-state index contributed by atoms with van der Waals surface area (Å²) in [6, 6.07) is 16.0. The zero-order chi connectivity index (χ0) is 17.9. The van der Waals surface area contributed by atoms with Crippen LogP contribution in [0.3, 0.4) is 0 Å². The standard InChI is InChI=1S/C19H20N6O/c1-3-20-19-23-18-16(24-25-19)14-6-4-5-7-15(14)21-17(22-18)12-8-10-13(26-2)11-9-12/h4-11,17,21H,3H2,1-2H3,(H2,20,22,23,25). The van der Waals surface area contributed by atoms with Gasteiger partial charge in [0.25, 0.3) is 0 Å². The van der Waals surface area contributed by atoms with Gasteiger partial charge in [-0.05, 0) is 30.7 Å². The number of rotatable bonds is 4. The van der Waals surface area contributed by atoms with Crippen LogP contribution in [0.15, 0.2) is 48.5 Å². The molecule has 1 atom stereocenters. The first kappa shape index (κ1) is 16.1. The van der Waals surface area contributed by atoms with Crippen LogP contribution in [-0.4, -0.2) is 28.8 Å². The molecule has 0 amide bonds. The quantitative estimate of drug-likeness (QED) is 0.665. The van der Waals surface area contributed by atoms with Crippen molar-refractivity contribution in [2.75, 3.05) is 29.6 Å². The number of hydrogen-bond acceptors (Lipinski definition) is 7. The number of ether oxygens (including phenoxy) is 1. The predicted molar refractivity (Wildman–Crippen MR) is 102 cm³/mol. The molecule has 4 rings (SSSR count). The molecule has 3 N–H and O–H groups in total. The Hall–Kier alpha value is -3.35. The van der Waals surface area contributed by atoms with Gasteiger partial charge in [0.05, 0.1) is 7.11 Å². The van der Waals surface area contributed by atoms with Crippen LogP contribution in [-0.2, 0) is 0 Å². The van der Waals surface area contributed by atoms with Gasteiger partial charge in [-0.25, -0.2) is 0 Å². The normalized spacial score (nSPS) is 14.9. The second-order valence-electron chi connectivity index (χ2n) is 5.90. The van der Waals surface area contributed by atoms with E-state index < -0.39 is 0 Å². The van der Waals surface area contributed by atoms with Crippen molar-refractivity contribution in [1.82, 2.24) is 15.2 Å². The van der Waals surface area contributed by atoms with Crippen LogP contribution in [0.2, 0.25) is 0 Å². The van der Waals surface area contributed by atoms with Gasteiger partial charge in [0.1, 0.15) is 17.6 Å². The highest BCUT2D eigenvalue weighted by molar-refractivity contribution is 5.84. The lowest BCUT2D eigenvalue weighted by atomic mass is 10.1. The van der Waals surface area contributed by atoms with Crippen molar-refractivity contribution < 1.29 is 4.74 Å². The van der Waals surface area contributed by atoms with Crippen molar-refractivity contribution in [1.29, 1.82) is 0 Å². The van der Waals surface area contributed by atoms with E-state index >= 15 is 0 Å². The third kappa shape index (κ3) is 2.99. The number of fused-ring (bicyclic) bond motifs is 3. The maximum atomic E-state index is 5.26. The molecule has 1 unspecified atom stereocenters. The van der Waals surface area contributed by atoms with Crippen LogP contribution in [0.1, 0.15) is 18.7 Å². The van der Waals surface area contributed by atoms with Crippen molar-refractivity contribution >= 4 is 17.5 Å². The lowest BCUT2D eigenvalue weighted by Crippen LogP contribution is -2.19. The molecular weight excluding hydrogens is 328 g/mol. The van der Waals surface area contributed by atoms with Gasteiger partial charge in [-0.15, -0.1) is 10.2 Å². The fraction of sp³-hybridized carbons (Fsp3) is 0.211. The Labute approximate surface area is 151 Å². The largest absolute Gasteiger partial charge is 0.497 e. The number of hydrogen-bond donors (Lipinski definition) is 3. The second-order valence-corrected chi connectivity index (χ2v) is 5.90. The minimum absolute atomic E-state index is 0.158. The van der Waals surface area contributed by atoms with E-state index in [1.54, 1.807) is 7.11 Å². The van der Waals surface area contributed by atoms with Gasteiger partial charge in [-0.3, -0.25) is 0 Å². The summed E-state index contributed by atoms with van der Waals surface area (Å²) >= 11 is 0. The van der Waals surface area contributed by atoms with Gasteiger partial charge in [-0.2, -0.15) is 4.98 Å². The number of aromatic nitrogens is 3. The van der Waals surface area contributed by atoms with Gasteiger partial charge in [0, 0.05) is 17.8 Å². The van der Waals surface area contributed by atoms with E-state index in [2.05, 4.69) is 31.1 Å². The Morgan fingerprint density at radius 2 is 1.85 bits per heavy atom. The molecule has 7 nitrogen and oxygen atoms in total. The van der Waals surface area contributed by atoms with Gasteiger partial charge in [-0.1, -0.05) is 30.3 Å². The van der Waals surface area contributed by atoms with E-state index in [0.717, 1.165) is 34.8 Å². The Kier molecular flexibility index (Phi) is 4.27. The molecule has 2 heterocycles. The summed E-state index contributed by atoms with van der Waals surface area (Å²) in [4.78, 5) is 4.61. The molecule has 0 radical (unpaired) electrons. The van der Waals surface area contributed by atoms with Crippen LogP contribution in [0.25, 0.3) is 11.3 Å². The third-order valence-corrected chi connectivity index (χ3v) is 4.23. The Bertz CT molecular complexity index is 912. The van der Waals surface area contributed by atoms with E-state index in [0.29, 0.717) is 11.8 Å². The summed E-state index contributed by atoms with van der Waals surface area (Å²) in [5.41, 5.74) is 3.74. The van der Waals surface area contributed by atoms with Crippen molar-refractivity contribution in [3.8, 4) is 17.0 Å². The molecule has 0 spiro atoms. The first-order valence-electron chi connectivity index (χ1n) is 8.53. The molecule has 132 valence electrons. The molecule has 0 saturated heterocycles. The second kappa shape index (κ2) is 6.87. The molecule has 1 aromatic heterocycles. The highest BCUT2D eigenvalue weighted by Crippen LogP contribution is 2.37. The van der Waals surface area contributed by atoms with Gasteiger partial charge < -0.3 is 20.7 Å². The minimum Gasteiger partial charge on any atom is -0.497 e. The first-order chi connectivity index (χ1) is 12.8. The molecule has 2 aromatic carbocycles. The molecule has 7 heteroatoms. The fourth-order valence-corrected chi connectivity index (χ4v) is 2.95. The Balaban J connectivity index is 1.79. The van der Waals surface area contributed by atoms with E-state index in [1.807, 2.05) is 55.5 Å². The number of anilines is 3. The predicted octanol–water partition coefficient (Wildman–Crippen LogP) is 3.52. The van der Waals surface area contributed by atoms with Crippen LogP contribution >= 0.6 is 0 Å². The third-order valence-electron chi connectivity index (χ3n) is 4.23. The number of methoxy groups -OCH3 is 1. The molecule has 26 heavy (non-hydrogen) atoms. The van der Waals surface area contributed by atoms with Gasteiger partial charge >= 0.3 is 0 Å². The summed E-state index contributed by atoms with van der Waals surface area (Å²) in [5.74, 6) is 2.02. The maximum Gasteiger partial charge on any atom is 0.244 e. The number of nitrogens with zero attached hydrogens (tertiary/aromatic N) is 3. The van der Waals surface area contributed by atoms with Crippen molar-refractivity contribution in [3.05, 3.63) is 54.1 Å². The highest BCUT2D eigenvalue weighted by atomic mass is 16.5. The zero-order valence-electron chi connectivity index (χ0n) is 14.7. The average Bonchev–Trinajstić information content (AvgIpc) is 2.85. The van der Waals surface area contributed by atoms with Crippen LogP contribution in [0.5, 0.6) is 5.75 Å². The van der Waals surface area contributed by atoms with E-state index in [9.17, 15) is 0 Å². The summed E-state index contributed by atoms with van der Waals surface area (Å²) in [6.07, 6.45) is -0.158. The van der Waals surface area contributed by atoms with Gasteiger partial charge in [0.15, 0.2) is 5.82 Å². The van der Waals surface area contributed by atoms with Crippen LogP contribution in [0, 0.1) is 0 Å². The fourth-order valence-electron chi connectivity index (χ4n) is 2.95. The number of benzene rings is 2. The minimum atomic E-state index is -0.158. The Morgan fingerprint density at radius 3 is 2.62 bits per heavy atom. The lowest BCUT2D eigenvalue weighted by molar-refractivity contribution is 0.414. The monoisotopic (exact) mass is 348 g/mol. The van der Waals surface area contributed by atoms with Crippen molar-refractivity contribution in [2.24, 2.45) is 0 Å². The molecule has 1 aliphatic rings. The first-order valence-corrected chi connectivity index (χ1v) is 8.53. The van der Waals surface area contributed by atoms with Crippen molar-refractivity contribution in [3.63, 3.8) is 0 Å². The molecule has 0 bridgehead atoms. The lowest BCUT2D eigenvalue weighted by Gasteiger charge is -2.20. The van der Waals surface area contributed by atoms with Gasteiger partial charge in [0.2, 0.25) is 5.95 Å². The summed E-state index contributed by atoms with van der Waals surface area (Å²) in [7, 11) is 1.66. The smallest absolute Gasteiger partial charge is 0.244 e. The molecular formula is C19H20N6O. The van der Waals surface area contributed by atoms with Crippen LogP contribution in [0.4, 0.5) is 17.5 Å². The molecule has 0 saturated carbocycles. The number of para-hydroxylation sites is 1. The van der Waals surface area contributed by atoms with Crippen LogP contribution < -0.4 is 20.7 Å². The highest BCUT2D eigenvalue weighted by Gasteiger charge is 2.23. The van der Waals surface area contributed by atoms with E-state index in [-0.39, 0.29) is 6.17 Å². The Morgan fingerprint density at radius 1 is 1.04 bits per heavy atom. The number of nitrogens with one attached hydrogen (secondary N) is 3. The van der Waals surface area contributed by atoms with E-state index in [4.69, 9.17) is 4.74 Å². The zero-order valence-corrected chi connectivity index (χ0v) is 14.7. The van der Waals surface area contributed by atoms with Crippen molar-refractivity contribution in [2.45, 2.75) is 13.1 Å².